The van der Waals surface area contributed by atoms with E-state index in [1.165, 1.54) is 23.7 Å². The Morgan fingerprint density at radius 3 is 2.67 bits per heavy atom. The molecule has 3 rings (SSSR count). The number of carbonyl (C=O) groups is 1. The third-order valence-electron chi connectivity index (χ3n) is 4.59. The molecule has 3 heterocycles. The molecule has 2 aromatic rings. The van der Waals surface area contributed by atoms with Crippen molar-refractivity contribution in [3.8, 4) is 0 Å². The number of hydrogen-bond acceptors (Lipinski definition) is 9. The molecule has 0 bridgehead atoms. The van der Waals surface area contributed by atoms with E-state index in [2.05, 4.69) is 15.3 Å². The van der Waals surface area contributed by atoms with Gasteiger partial charge < -0.3 is 19.7 Å². The highest BCUT2D eigenvalue weighted by Crippen LogP contribution is 2.26. The Balaban J connectivity index is 1.93. The summed E-state index contributed by atoms with van der Waals surface area (Å²) < 4.78 is 37.8. The van der Waals surface area contributed by atoms with E-state index in [1.54, 1.807) is 6.20 Å². The van der Waals surface area contributed by atoms with Crippen LogP contribution in [0.5, 0.6) is 0 Å². The number of nitrogens with zero attached hydrogens (tertiary/aromatic N) is 4. The zero-order valence-corrected chi connectivity index (χ0v) is 18.0. The molecule has 2 aromatic heterocycles. The van der Waals surface area contributed by atoms with Crippen molar-refractivity contribution in [1.29, 1.82) is 0 Å². The number of rotatable bonds is 7. The van der Waals surface area contributed by atoms with Crippen molar-refractivity contribution in [3.63, 3.8) is 0 Å². The van der Waals surface area contributed by atoms with Crippen LogP contribution in [0.15, 0.2) is 35.5 Å². The molecule has 1 aliphatic rings. The van der Waals surface area contributed by atoms with E-state index >= 15 is 0 Å². The summed E-state index contributed by atoms with van der Waals surface area (Å²) in [6, 6.07) is 5.02. The quantitative estimate of drug-likeness (QED) is 0.635. The lowest BCUT2D eigenvalue weighted by Gasteiger charge is -2.27. The molecular formula is C19H25N5O5S. The summed E-state index contributed by atoms with van der Waals surface area (Å²) in [4.78, 5) is 22.2. The average molecular weight is 436 g/mol. The van der Waals surface area contributed by atoms with Gasteiger partial charge in [0.05, 0.1) is 25.9 Å². The van der Waals surface area contributed by atoms with E-state index in [1.807, 2.05) is 31.1 Å². The Morgan fingerprint density at radius 2 is 2.00 bits per heavy atom. The van der Waals surface area contributed by atoms with E-state index in [0.29, 0.717) is 19.8 Å². The second-order valence-electron chi connectivity index (χ2n) is 6.85. The van der Waals surface area contributed by atoms with Crippen LogP contribution in [0.25, 0.3) is 0 Å². The van der Waals surface area contributed by atoms with E-state index < -0.39 is 16.0 Å². The number of ether oxygens (including phenoxy) is 2. The van der Waals surface area contributed by atoms with Crippen LogP contribution in [0.3, 0.4) is 0 Å². The van der Waals surface area contributed by atoms with Gasteiger partial charge >= 0.3 is 5.97 Å². The van der Waals surface area contributed by atoms with Crippen LogP contribution >= 0.6 is 0 Å². The lowest BCUT2D eigenvalue weighted by atomic mass is 10.2. The van der Waals surface area contributed by atoms with Crippen molar-refractivity contribution in [3.05, 3.63) is 41.7 Å². The van der Waals surface area contributed by atoms with Crippen molar-refractivity contribution in [2.75, 3.05) is 57.7 Å². The fourth-order valence-electron chi connectivity index (χ4n) is 2.93. The summed E-state index contributed by atoms with van der Waals surface area (Å²) in [6.45, 7) is 1.44. The topological polar surface area (TPSA) is 114 Å². The standard InChI is InChI=1S/C19H25N5O5S/c1-23(2)17-10-14(4-5-20-17)12-21-18-16(11-15(13-22-18)19(25)28-3)30(26,27)24-6-8-29-9-7-24/h4-5,10-11,13H,6-9,12H2,1-3H3,(H,21,22). The molecular weight excluding hydrogens is 410 g/mol. The first kappa shape index (κ1) is 21.9. The maximum absolute atomic E-state index is 13.2. The van der Waals surface area contributed by atoms with E-state index in [-0.39, 0.29) is 29.4 Å². The molecule has 1 saturated heterocycles. The van der Waals surface area contributed by atoms with Gasteiger partial charge in [-0.05, 0) is 23.8 Å². The molecule has 0 aliphatic carbocycles. The highest BCUT2D eigenvalue weighted by molar-refractivity contribution is 7.89. The number of aromatic nitrogens is 2. The molecule has 0 aromatic carbocycles. The first-order valence-corrected chi connectivity index (χ1v) is 10.8. The summed E-state index contributed by atoms with van der Waals surface area (Å²) >= 11 is 0. The van der Waals surface area contributed by atoms with Crippen molar-refractivity contribution < 1.29 is 22.7 Å². The molecule has 30 heavy (non-hydrogen) atoms. The number of anilines is 2. The molecule has 0 amide bonds. The minimum absolute atomic E-state index is 0.0636. The number of hydrogen-bond donors (Lipinski definition) is 1. The lowest BCUT2D eigenvalue weighted by Crippen LogP contribution is -2.41. The predicted octanol–water partition coefficient (Wildman–Crippen LogP) is 0.962. The van der Waals surface area contributed by atoms with Crippen LogP contribution < -0.4 is 10.2 Å². The Hall–Kier alpha value is -2.76. The normalized spacial score (nSPS) is 14.9. The van der Waals surface area contributed by atoms with Gasteiger partial charge in [-0.25, -0.2) is 23.2 Å². The summed E-state index contributed by atoms with van der Waals surface area (Å²) in [6.07, 6.45) is 2.98. The first-order chi connectivity index (χ1) is 14.3. The number of sulfonamides is 1. The molecule has 11 heteroatoms. The van der Waals surface area contributed by atoms with Crippen LogP contribution in [-0.4, -0.2) is 76.2 Å². The van der Waals surface area contributed by atoms with E-state index in [4.69, 9.17) is 9.47 Å². The minimum atomic E-state index is -3.88. The first-order valence-electron chi connectivity index (χ1n) is 9.35. The van der Waals surface area contributed by atoms with Crippen molar-refractivity contribution in [2.24, 2.45) is 0 Å². The number of pyridine rings is 2. The fourth-order valence-corrected chi connectivity index (χ4v) is 4.48. The van der Waals surface area contributed by atoms with Gasteiger partial charge in [0, 0.05) is 46.1 Å². The largest absolute Gasteiger partial charge is 0.465 e. The summed E-state index contributed by atoms with van der Waals surface area (Å²) in [5, 5.41) is 3.08. The van der Waals surface area contributed by atoms with E-state index in [9.17, 15) is 13.2 Å². The number of morpholine rings is 1. The van der Waals surface area contributed by atoms with Crippen molar-refractivity contribution in [1.82, 2.24) is 14.3 Å². The fraction of sp³-hybridized carbons (Fsp3) is 0.421. The molecule has 0 atom stereocenters. The van der Waals surface area contributed by atoms with Gasteiger partial charge in [-0.2, -0.15) is 4.31 Å². The predicted molar refractivity (Wildman–Crippen MR) is 111 cm³/mol. The highest BCUT2D eigenvalue weighted by Gasteiger charge is 2.30. The molecule has 162 valence electrons. The van der Waals surface area contributed by atoms with Crippen LogP contribution in [0.4, 0.5) is 11.6 Å². The summed E-state index contributed by atoms with van der Waals surface area (Å²) in [7, 11) is 1.13. The van der Waals surface area contributed by atoms with Gasteiger partial charge in [-0.15, -0.1) is 0 Å². The van der Waals surface area contributed by atoms with Gasteiger partial charge in [-0.3, -0.25) is 0 Å². The molecule has 1 aliphatic heterocycles. The third kappa shape index (κ3) is 4.86. The molecule has 0 saturated carbocycles. The lowest BCUT2D eigenvalue weighted by molar-refractivity contribution is 0.0600. The summed E-state index contributed by atoms with van der Waals surface area (Å²) in [5.41, 5.74) is 0.968. The highest BCUT2D eigenvalue weighted by atomic mass is 32.2. The van der Waals surface area contributed by atoms with Gasteiger partial charge in [-0.1, -0.05) is 0 Å². The third-order valence-corrected chi connectivity index (χ3v) is 6.50. The van der Waals surface area contributed by atoms with Crippen LogP contribution in [0.2, 0.25) is 0 Å². The smallest absolute Gasteiger partial charge is 0.339 e. The van der Waals surface area contributed by atoms with Crippen molar-refractivity contribution in [2.45, 2.75) is 11.4 Å². The van der Waals surface area contributed by atoms with Gasteiger partial charge in [0.2, 0.25) is 10.0 Å². The summed E-state index contributed by atoms with van der Waals surface area (Å²) in [5.74, 6) is 0.291. The maximum atomic E-state index is 13.2. The Kier molecular flexibility index (Phi) is 6.85. The average Bonchev–Trinajstić information content (AvgIpc) is 2.77. The Bertz CT molecular complexity index is 1010. The Labute approximate surface area is 175 Å². The zero-order chi connectivity index (χ0) is 21.7. The monoisotopic (exact) mass is 435 g/mol. The van der Waals surface area contributed by atoms with Crippen LogP contribution in [0, 0.1) is 0 Å². The number of esters is 1. The van der Waals surface area contributed by atoms with Gasteiger partial charge in [0.25, 0.3) is 0 Å². The second kappa shape index (κ2) is 9.37. The number of carbonyl (C=O) groups excluding carboxylic acids is 1. The molecule has 1 fully saturated rings. The molecule has 10 nitrogen and oxygen atoms in total. The van der Waals surface area contributed by atoms with Gasteiger partial charge in [0.1, 0.15) is 16.5 Å². The Morgan fingerprint density at radius 1 is 1.27 bits per heavy atom. The number of methoxy groups -OCH3 is 1. The second-order valence-corrected chi connectivity index (χ2v) is 8.76. The molecule has 0 spiro atoms. The molecule has 0 radical (unpaired) electrons. The molecule has 0 unspecified atom stereocenters. The number of nitrogens with one attached hydrogen (secondary N) is 1. The zero-order valence-electron chi connectivity index (χ0n) is 17.2. The minimum Gasteiger partial charge on any atom is -0.465 e. The molecule has 1 N–H and O–H groups in total. The van der Waals surface area contributed by atoms with Gasteiger partial charge in [0.15, 0.2) is 0 Å². The maximum Gasteiger partial charge on any atom is 0.339 e. The van der Waals surface area contributed by atoms with Crippen molar-refractivity contribution >= 4 is 27.6 Å². The van der Waals surface area contributed by atoms with Crippen LogP contribution in [0.1, 0.15) is 15.9 Å². The van der Waals surface area contributed by atoms with E-state index in [0.717, 1.165) is 11.4 Å². The SMILES string of the molecule is COC(=O)c1cnc(NCc2ccnc(N(C)C)c2)c(S(=O)(=O)N2CCOCC2)c1. The van der Waals surface area contributed by atoms with Crippen LogP contribution in [-0.2, 0) is 26.0 Å².